The summed E-state index contributed by atoms with van der Waals surface area (Å²) in [5.74, 6) is -1.66. The zero-order chi connectivity index (χ0) is 23.8. The van der Waals surface area contributed by atoms with Gasteiger partial charge in [0.1, 0.15) is 24.5 Å². The molecular formula is C24H21NO8. The molecule has 2 aromatic carbocycles. The zero-order valence-corrected chi connectivity index (χ0v) is 18.2. The van der Waals surface area contributed by atoms with Crippen LogP contribution in [-0.4, -0.2) is 62.0 Å². The molecule has 4 rings (SSSR count). The Kier molecular flexibility index (Phi) is 5.63. The molecule has 1 atom stereocenters. The maximum Gasteiger partial charge on any atom is 0.328 e. The largest absolute Gasteiger partial charge is 0.497 e. The van der Waals surface area contributed by atoms with E-state index in [-0.39, 0.29) is 23.4 Å². The third-order valence-electron chi connectivity index (χ3n) is 5.65. The standard InChI is InChI=1S/C24H21NO8/c1-30-16-8-4-14(5-9-16)21-20(22(28)15-6-10-17(31-2)11-7-15)23(29)24(12-18(26)32-3)25(21)13-19(27)33-24/h4-11H,12-13H2,1-3H3. The van der Waals surface area contributed by atoms with Crippen molar-refractivity contribution in [1.82, 2.24) is 4.90 Å². The Bertz CT molecular complexity index is 1170. The molecule has 0 spiro atoms. The van der Waals surface area contributed by atoms with Crippen molar-refractivity contribution < 1.29 is 38.1 Å². The number of carbonyl (C=O) groups is 4. The predicted octanol–water partition coefficient (Wildman–Crippen LogP) is 2.00. The van der Waals surface area contributed by atoms with Crippen molar-refractivity contribution in [3.8, 4) is 11.5 Å². The molecule has 0 bridgehead atoms. The van der Waals surface area contributed by atoms with Gasteiger partial charge in [-0.05, 0) is 54.1 Å². The van der Waals surface area contributed by atoms with Crippen LogP contribution < -0.4 is 9.47 Å². The SMILES string of the molecule is COC(=O)CC12OC(=O)CN1C(c1ccc(OC)cc1)=C(C(=O)c1ccc(OC)cc1)C2=O. The number of hydrogen-bond donors (Lipinski definition) is 0. The van der Waals surface area contributed by atoms with Crippen LogP contribution in [0.15, 0.2) is 54.1 Å². The molecule has 1 saturated heterocycles. The Morgan fingerprint density at radius 3 is 2.06 bits per heavy atom. The molecule has 1 unspecified atom stereocenters. The normalized spacial score (nSPS) is 19.3. The summed E-state index contributed by atoms with van der Waals surface area (Å²) in [5.41, 5.74) is -1.21. The van der Waals surface area contributed by atoms with Crippen LogP contribution in [0.1, 0.15) is 22.3 Å². The summed E-state index contributed by atoms with van der Waals surface area (Å²) < 4.78 is 20.5. The molecule has 0 radical (unpaired) electrons. The van der Waals surface area contributed by atoms with Gasteiger partial charge in [0.2, 0.25) is 5.78 Å². The average molecular weight is 451 g/mol. The average Bonchev–Trinajstić information content (AvgIpc) is 3.27. The van der Waals surface area contributed by atoms with E-state index in [1.165, 1.54) is 38.4 Å². The van der Waals surface area contributed by atoms with Crippen LogP contribution in [0.25, 0.3) is 5.70 Å². The zero-order valence-electron chi connectivity index (χ0n) is 18.2. The number of ether oxygens (including phenoxy) is 4. The fourth-order valence-corrected chi connectivity index (χ4v) is 4.02. The summed E-state index contributed by atoms with van der Waals surface area (Å²) >= 11 is 0. The molecule has 33 heavy (non-hydrogen) atoms. The van der Waals surface area contributed by atoms with Crippen molar-refractivity contribution in [3.63, 3.8) is 0 Å². The van der Waals surface area contributed by atoms with Crippen LogP contribution >= 0.6 is 0 Å². The first-order chi connectivity index (χ1) is 15.8. The van der Waals surface area contributed by atoms with E-state index in [1.807, 2.05) is 0 Å². The first-order valence-corrected chi connectivity index (χ1v) is 10.0. The summed E-state index contributed by atoms with van der Waals surface area (Å²) in [6.45, 7) is -0.302. The molecular weight excluding hydrogens is 430 g/mol. The number of rotatable bonds is 7. The van der Waals surface area contributed by atoms with E-state index in [9.17, 15) is 19.2 Å². The third kappa shape index (κ3) is 3.61. The molecule has 9 nitrogen and oxygen atoms in total. The Hall–Kier alpha value is -4.14. The fourth-order valence-electron chi connectivity index (χ4n) is 4.02. The second-order valence-electron chi connectivity index (χ2n) is 7.44. The Balaban J connectivity index is 1.89. The van der Waals surface area contributed by atoms with Gasteiger partial charge in [-0.2, -0.15) is 0 Å². The molecule has 0 aromatic heterocycles. The van der Waals surface area contributed by atoms with Crippen LogP contribution in [0.4, 0.5) is 0 Å². The molecule has 1 fully saturated rings. The monoisotopic (exact) mass is 451 g/mol. The molecule has 2 aliphatic rings. The van der Waals surface area contributed by atoms with Crippen molar-refractivity contribution >= 4 is 29.2 Å². The van der Waals surface area contributed by atoms with Gasteiger partial charge in [0, 0.05) is 5.56 Å². The molecule has 0 saturated carbocycles. The summed E-state index contributed by atoms with van der Waals surface area (Å²) in [4.78, 5) is 53.0. The van der Waals surface area contributed by atoms with Gasteiger partial charge in [0.05, 0.1) is 32.6 Å². The lowest BCUT2D eigenvalue weighted by atomic mass is 9.93. The van der Waals surface area contributed by atoms with Gasteiger partial charge in [-0.1, -0.05) is 0 Å². The number of Topliss-reactive ketones (excluding diaryl/α,β-unsaturated/α-hetero) is 2. The van der Waals surface area contributed by atoms with Crippen LogP contribution in [0, 0.1) is 0 Å². The van der Waals surface area contributed by atoms with Crippen molar-refractivity contribution in [3.05, 3.63) is 65.2 Å². The quantitative estimate of drug-likeness (QED) is 0.355. The number of fused-ring (bicyclic) bond motifs is 1. The van der Waals surface area contributed by atoms with E-state index >= 15 is 0 Å². The van der Waals surface area contributed by atoms with Gasteiger partial charge in [-0.3, -0.25) is 19.2 Å². The van der Waals surface area contributed by atoms with Gasteiger partial charge < -0.3 is 23.8 Å². The molecule has 0 aliphatic carbocycles. The Morgan fingerprint density at radius 1 is 0.939 bits per heavy atom. The summed E-state index contributed by atoms with van der Waals surface area (Å²) in [6.07, 6.45) is -0.548. The number of methoxy groups -OCH3 is 3. The van der Waals surface area contributed by atoms with Crippen molar-refractivity contribution in [2.24, 2.45) is 0 Å². The second-order valence-corrected chi connectivity index (χ2v) is 7.44. The van der Waals surface area contributed by atoms with E-state index in [4.69, 9.17) is 18.9 Å². The Labute approximate surface area is 189 Å². The van der Waals surface area contributed by atoms with Gasteiger partial charge in [0.25, 0.3) is 5.72 Å². The van der Waals surface area contributed by atoms with Crippen LogP contribution in [0.2, 0.25) is 0 Å². The lowest BCUT2D eigenvalue weighted by Gasteiger charge is -2.29. The highest BCUT2D eigenvalue weighted by molar-refractivity contribution is 6.35. The number of esters is 2. The smallest absolute Gasteiger partial charge is 0.328 e. The Morgan fingerprint density at radius 2 is 1.52 bits per heavy atom. The minimum Gasteiger partial charge on any atom is -0.497 e. The van der Waals surface area contributed by atoms with E-state index in [0.29, 0.717) is 17.1 Å². The number of nitrogens with zero attached hydrogens (tertiary/aromatic N) is 1. The third-order valence-corrected chi connectivity index (χ3v) is 5.65. The van der Waals surface area contributed by atoms with Gasteiger partial charge in [-0.15, -0.1) is 0 Å². The van der Waals surface area contributed by atoms with Crippen LogP contribution in [-0.2, 0) is 23.9 Å². The number of benzene rings is 2. The van der Waals surface area contributed by atoms with E-state index in [0.717, 1.165) is 0 Å². The van der Waals surface area contributed by atoms with Gasteiger partial charge in [0.15, 0.2) is 5.78 Å². The highest BCUT2D eigenvalue weighted by Gasteiger charge is 2.63. The van der Waals surface area contributed by atoms with Gasteiger partial charge >= 0.3 is 11.9 Å². The predicted molar refractivity (Wildman–Crippen MR) is 114 cm³/mol. The minimum atomic E-state index is -1.98. The second kappa shape index (κ2) is 8.42. The van der Waals surface area contributed by atoms with Gasteiger partial charge in [-0.25, -0.2) is 0 Å². The lowest BCUT2D eigenvalue weighted by molar-refractivity contribution is -0.167. The molecule has 9 heteroatoms. The highest BCUT2D eigenvalue weighted by atomic mass is 16.6. The maximum atomic E-state index is 13.7. The van der Waals surface area contributed by atoms with Crippen molar-refractivity contribution in [1.29, 1.82) is 0 Å². The summed E-state index contributed by atoms with van der Waals surface area (Å²) in [7, 11) is 4.18. The lowest BCUT2D eigenvalue weighted by Crippen LogP contribution is -2.48. The van der Waals surface area contributed by atoms with Crippen molar-refractivity contribution in [2.75, 3.05) is 27.9 Å². The highest BCUT2D eigenvalue weighted by Crippen LogP contribution is 2.46. The minimum absolute atomic E-state index is 0.179. The number of hydrogen-bond acceptors (Lipinski definition) is 9. The molecule has 170 valence electrons. The number of carbonyl (C=O) groups excluding carboxylic acids is 4. The van der Waals surface area contributed by atoms with E-state index in [1.54, 1.807) is 36.4 Å². The summed E-state index contributed by atoms with van der Waals surface area (Å²) in [5, 5.41) is 0. The first-order valence-electron chi connectivity index (χ1n) is 10.0. The maximum absolute atomic E-state index is 13.7. The molecule has 2 heterocycles. The van der Waals surface area contributed by atoms with Crippen LogP contribution in [0.5, 0.6) is 11.5 Å². The van der Waals surface area contributed by atoms with E-state index in [2.05, 4.69) is 0 Å². The molecule has 2 aliphatic heterocycles. The topological polar surface area (TPSA) is 108 Å². The molecule has 2 aromatic rings. The summed E-state index contributed by atoms with van der Waals surface area (Å²) in [6, 6.07) is 12.9. The van der Waals surface area contributed by atoms with Crippen LogP contribution in [0.3, 0.4) is 0 Å². The molecule has 0 amide bonds. The van der Waals surface area contributed by atoms with E-state index < -0.39 is 35.7 Å². The molecule has 0 N–H and O–H groups in total. The first kappa shape index (κ1) is 22.1. The number of ketones is 2. The van der Waals surface area contributed by atoms with Crippen molar-refractivity contribution in [2.45, 2.75) is 12.1 Å². The fraction of sp³-hybridized carbons (Fsp3) is 0.250.